The van der Waals surface area contributed by atoms with Gasteiger partial charge in [-0.3, -0.25) is 4.98 Å². The van der Waals surface area contributed by atoms with Crippen molar-refractivity contribution in [1.29, 1.82) is 0 Å². The van der Waals surface area contributed by atoms with E-state index in [1.54, 1.807) is 0 Å². The van der Waals surface area contributed by atoms with Crippen LogP contribution in [-0.4, -0.2) is 4.98 Å². The van der Waals surface area contributed by atoms with E-state index in [0.29, 0.717) is 0 Å². The molecule has 14 heavy (non-hydrogen) atoms. The topological polar surface area (TPSA) is 38.9 Å². The van der Waals surface area contributed by atoms with Gasteiger partial charge in [0.1, 0.15) is 0 Å². The molecule has 2 heteroatoms. The zero-order valence-electron chi connectivity index (χ0n) is 9.54. The first-order valence-electron chi connectivity index (χ1n) is 5.05. The second-order valence-corrected chi connectivity index (χ2v) is 5.17. The van der Waals surface area contributed by atoms with E-state index in [4.69, 9.17) is 5.73 Å². The summed E-state index contributed by atoms with van der Waals surface area (Å²) < 4.78 is 0. The zero-order valence-corrected chi connectivity index (χ0v) is 9.54. The van der Waals surface area contributed by atoms with Gasteiger partial charge in [0.15, 0.2) is 0 Å². The van der Waals surface area contributed by atoms with Gasteiger partial charge in [0.2, 0.25) is 0 Å². The van der Waals surface area contributed by atoms with Crippen molar-refractivity contribution in [2.24, 2.45) is 11.1 Å². The minimum atomic E-state index is 0.0994. The maximum absolute atomic E-state index is 6.11. The molecule has 0 unspecified atom stereocenters. The summed E-state index contributed by atoms with van der Waals surface area (Å²) in [6.07, 6.45) is 4.70. The standard InChI is InChI=1S/C12H20N2/c1-9-5-10(8-14-7-9)11(13)6-12(2,3)4/h5,7-8,11H,6,13H2,1-4H3/t11-/m1/s1. The number of hydrogen-bond donors (Lipinski definition) is 1. The van der Waals surface area contributed by atoms with Gasteiger partial charge in [0.05, 0.1) is 0 Å². The number of pyridine rings is 1. The molecule has 1 aromatic heterocycles. The Morgan fingerprint density at radius 1 is 1.36 bits per heavy atom. The highest BCUT2D eigenvalue weighted by Gasteiger charge is 2.17. The molecule has 0 fully saturated rings. The maximum atomic E-state index is 6.11. The normalized spacial score (nSPS) is 14.1. The average Bonchev–Trinajstić information content (AvgIpc) is 2.01. The third-order valence-corrected chi connectivity index (χ3v) is 2.16. The molecule has 2 N–H and O–H groups in total. The predicted octanol–water partition coefficient (Wildman–Crippen LogP) is 2.83. The molecule has 0 radical (unpaired) electrons. The van der Waals surface area contributed by atoms with Crippen LogP contribution >= 0.6 is 0 Å². The van der Waals surface area contributed by atoms with E-state index in [-0.39, 0.29) is 11.5 Å². The van der Waals surface area contributed by atoms with Gasteiger partial charge < -0.3 is 5.73 Å². The third kappa shape index (κ3) is 3.46. The average molecular weight is 192 g/mol. The number of nitrogens with two attached hydrogens (primary N) is 1. The Kier molecular flexibility index (Phi) is 3.27. The minimum Gasteiger partial charge on any atom is -0.324 e. The second kappa shape index (κ2) is 4.09. The van der Waals surface area contributed by atoms with E-state index < -0.39 is 0 Å². The van der Waals surface area contributed by atoms with Crippen LogP contribution in [0.15, 0.2) is 18.5 Å². The highest BCUT2D eigenvalue weighted by molar-refractivity contribution is 5.19. The summed E-state index contributed by atoms with van der Waals surface area (Å²) in [5.41, 5.74) is 8.69. The molecule has 2 nitrogen and oxygen atoms in total. The first-order valence-corrected chi connectivity index (χ1v) is 5.05. The van der Waals surface area contributed by atoms with Crippen molar-refractivity contribution in [3.63, 3.8) is 0 Å². The monoisotopic (exact) mass is 192 g/mol. The fraction of sp³-hybridized carbons (Fsp3) is 0.583. The summed E-state index contributed by atoms with van der Waals surface area (Å²) in [4.78, 5) is 4.16. The summed E-state index contributed by atoms with van der Waals surface area (Å²) in [7, 11) is 0. The van der Waals surface area contributed by atoms with Crippen LogP contribution in [0.25, 0.3) is 0 Å². The molecular weight excluding hydrogens is 172 g/mol. The molecule has 0 bridgehead atoms. The quantitative estimate of drug-likeness (QED) is 0.782. The van der Waals surface area contributed by atoms with Crippen molar-refractivity contribution in [2.75, 3.05) is 0 Å². The lowest BCUT2D eigenvalue weighted by Gasteiger charge is -2.23. The SMILES string of the molecule is Cc1cncc([C@H](N)CC(C)(C)C)c1. The van der Waals surface area contributed by atoms with Crippen molar-refractivity contribution in [3.05, 3.63) is 29.6 Å². The van der Waals surface area contributed by atoms with Crippen LogP contribution < -0.4 is 5.73 Å². The molecule has 78 valence electrons. The van der Waals surface area contributed by atoms with E-state index in [1.165, 1.54) is 5.56 Å². The van der Waals surface area contributed by atoms with Crippen molar-refractivity contribution < 1.29 is 0 Å². The van der Waals surface area contributed by atoms with Crippen molar-refractivity contribution in [2.45, 2.75) is 40.2 Å². The molecule has 1 rings (SSSR count). The highest BCUT2D eigenvalue weighted by atomic mass is 14.7. The zero-order chi connectivity index (χ0) is 10.8. The third-order valence-electron chi connectivity index (χ3n) is 2.16. The fourth-order valence-electron chi connectivity index (χ4n) is 1.56. The van der Waals surface area contributed by atoms with Crippen LogP contribution in [0, 0.1) is 12.3 Å². The second-order valence-electron chi connectivity index (χ2n) is 5.17. The summed E-state index contributed by atoms with van der Waals surface area (Å²) >= 11 is 0. The summed E-state index contributed by atoms with van der Waals surface area (Å²) in [6.45, 7) is 8.66. The van der Waals surface area contributed by atoms with Crippen LogP contribution in [0.1, 0.15) is 44.4 Å². The van der Waals surface area contributed by atoms with Crippen LogP contribution in [0.2, 0.25) is 0 Å². The Morgan fingerprint density at radius 3 is 2.50 bits per heavy atom. The van der Waals surface area contributed by atoms with Gasteiger partial charge in [0.25, 0.3) is 0 Å². The van der Waals surface area contributed by atoms with E-state index in [0.717, 1.165) is 12.0 Å². The Hall–Kier alpha value is -0.890. The van der Waals surface area contributed by atoms with E-state index in [1.807, 2.05) is 19.3 Å². The van der Waals surface area contributed by atoms with E-state index in [2.05, 4.69) is 31.8 Å². The number of aromatic nitrogens is 1. The van der Waals surface area contributed by atoms with Gasteiger partial charge in [-0.25, -0.2) is 0 Å². The highest BCUT2D eigenvalue weighted by Crippen LogP contribution is 2.27. The minimum absolute atomic E-state index is 0.0994. The molecule has 0 saturated heterocycles. The summed E-state index contributed by atoms with van der Waals surface area (Å²) in [5, 5.41) is 0. The van der Waals surface area contributed by atoms with Crippen LogP contribution in [0.5, 0.6) is 0 Å². The van der Waals surface area contributed by atoms with E-state index in [9.17, 15) is 0 Å². The van der Waals surface area contributed by atoms with Crippen LogP contribution in [-0.2, 0) is 0 Å². The van der Waals surface area contributed by atoms with Crippen LogP contribution in [0.4, 0.5) is 0 Å². The van der Waals surface area contributed by atoms with Crippen LogP contribution in [0.3, 0.4) is 0 Å². The molecule has 0 aromatic carbocycles. The van der Waals surface area contributed by atoms with Gasteiger partial charge in [-0.1, -0.05) is 26.8 Å². The Balaban J connectivity index is 2.74. The molecule has 1 atom stereocenters. The molecule has 0 aliphatic carbocycles. The first-order chi connectivity index (χ1) is 6.38. The van der Waals surface area contributed by atoms with Gasteiger partial charge in [-0.2, -0.15) is 0 Å². The largest absolute Gasteiger partial charge is 0.324 e. The number of hydrogen-bond acceptors (Lipinski definition) is 2. The van der Waals surface area contributed by atoms with Crippen molar-refractivity contribution in [3.8, 4) is 0 Å². The molecule has 0 aliphatic rings. The number of rotatable bonds is 2. The summed E-state index contributed by atoms with van der Waals surface area (Å²) in [6, 6.07) is 2.21. The Labute approximate surface area is 86.5 Å². The smallest absolute Gasteiger partial charge is 0.0315 e. The van der Waals surface area contributed by atoms with Gasteiger partial charge in [-0.05, 0) is 29.9 Å². The van der Waals surface area contributed by atoms with E-state index >= 15 is 0 Å². The van der Waals surface area contributed by atoms with Gasteiger partial charge >= 0.3 is 0 Å². The number of aryl methyl sites for hydroxylation is 1. The molecule has 1 heterocycles. The van der Waals surface area contributed by atoms with Gasteiger partial charge in [0, 0.05) is 18.4 Å². The first kappa shape index (κ1) is 11.2. The molecule has 0 amide bonds. The van der Waals surface area contributed by atoms with Crippen molar-refractivity contribution >= 4 is 0 Å². The molecular formula is C12H20N2. The summed E-state index contributed by atoms with van der Waals surface area (Å²) in [5.74, 6) is 0. The molecule has 1 aromatic rings. The molecule has 0 spiro atoms. The van der Waals surface area contributed by atoms with Gasteiger partial charge in [-0.15, -0.1) is 0 Å². The lowest BCUT2D eigenvalue weighted by Crippen LogP contribution is -2.18. The lowest BCUT2D eigenvalue weighted by atomic mass is 9.86. The lowest BCUT2D eigenvalue weighted by molar-refractivity contribution is 0.342. The van der Waals surface area contributed by atoms with Crippen molar-refractivity contribution in [1.82, 2.24) is 4.98 Å². The predicted molar refractivity (Wildman–Crippen MR) is 60.0 cm³/mol. The fourth-order valence-corrected chi connectivity index (χ4v) is 1.56. The molecule has 0 saturated carbocycles. The Morgan fingerprint density at radius 2 is 2.00 bits per heavy atom. The Bertz CT molecular complexity index is 299. The number of nitrogens with zero attached hydrogens (tertiary/aromatic N) is 1. The molecule has 0 aliphatic heterocycles. The maximum Gasteiger partial charge on any atom is 0.0315 e.